The molecular formula is C11H14O. The Balaban J connectivity index is 0.000000354. The van der Waals surface area contributed by atoms with Gasteiger partial charge in [-0.15, -0.1) is 6.58 Å². The minimum atomic E-state index is 0.529. The van der Waals surface area contributed by atoms with Crippen LogP contribution < -0.4 is 0 Å². The van der Waals surface area contributed by atoms with Crippen LogP contribution in [0.5, 0.6) is 0 Å². The number of carbonyl (C=O) groups excluding carboxylic acids is 1. The molecule has 1 rings (SSSR count). The molecule has 0 bridgehead atoms. The first-order valence-corrected chi connectivity index (χ1v) is 3.89. The molecule has 12 heavy (non-hydrogen) atoms. The molecule has 1 aromatic carbocycles. The van der Waals surface area contributed by atoms with Gasteiger partial charge in [-0.1, -0.05) is 36.4 Å². The van der Waals surface area contributed by atoms with Gasteiger partial charge in [0.2, 0.25) is 0 Å². The Bertz CT molecular complexity index is 214. The standard InChI is InChI=1S/C8H8O.C3H6/c9-7-6-8-4-2-1-3-5-8;1-3-2/h1-5,7H,6H2;3H,1H2,2H3. The van der Waals surface area contributed by atoms with Gasteiger partial charge in [0, 0.05) is 6.42 Å². The van der Waals surface area contributed by atoms with Crippen molar-refractivity contribution in [2.24, 2.45) is 0 Å². The van der Waals surface area contributed by atoms with Gasteiger partial charge in [-0.25, -0.2) is 0 Å². The van der Waals surface area contributed by atoms with Crippen LogP contribution in [0.3, 0.4) is 0 Å². The van der Waals surface area contributed by atoms with Gasteiger partial charge in [-0.05, 0) is 12.5 Å². The molecule has 0 N–H and O–H groups in total. The van der Waals surface area contributed by atoms with Crippen LogP contribution in [0.2, 0.25) is 0 Å². The summed E-state index contributed by atoms with van der Waals surface area (Å²) in [6.45, 7) is 5.25. The molecule has 0 fully saturated rings. The summed E-state index contributed by atoms with van der Waals surface area (Å²) in [5, 5.41) is 0. The van der Waals surface area contributed by atoms with Crippen molar-refractivity contribution < 1.29 is 4.79 Å². The molecule has 0 spiro atoms. The first-order valence-electron chi connectivity index (χ1n) is 3.89. The molecule has 1 nitrogen and oxygen atoms in total. The Kier molecular flexibility index (Phi) is 6.85. The Labute approximate surface area is 73.7 Å². The fourth-order valence-electron chi connectivity index (χ4n) is 0.710. The molecule has 0 radical (unpaired) electrons. The van der Waals surface area contributed by atoms with Crippen molar-refractivity contribution >= 4 is 6.29 Å². The maximum Gasteiger partial charge on any atom is 0.124 e. The maximum absolute atomic E-state index is 9.97. The van der Waals surface area contributed by atoms with Crippen LogP contribution in [0.15, 0.2) is 43.0 Å². The number of rotatable bonds is 2. The third-order valence-corrected chi connectivity index (χ3v) is 1.16. The number of allylic oxidation sites excluding steroid dienone is 1. The van der Waals surface area contributed by atoms with Crippen molar-refractivity contribution in [1.82, 2.24) is 0 Å². The monoisotopic (exact) mass is 162 g/mol. The van der Waals surface area contributed by atoms with Gasteiger partial charge in [0.05, 0.1) is 0 Å². The second-order valence-electron chi connectivity index (χ2n) is 2.26. The molecule has 0 heterocycles. The summed E-state index contributed by atoms with van der Waals surface area (Å²) < 4.78 is 0. The molecule has 0 saturated heterocycles. The third-order valence-electron chi connectivity index (χ3n) is 1.16. The molecule has 1 aromatic rings. The molecule has 64 valence electrons. The highest BCUT2D eigenvalue weighted by Gasteiger charge is 1.84. The largest absolute Gasteiger partial charge is 0.303 e. The summed E-state index contributed by atoms with van der Waals surface area (Å²) in [6, 6.07) is 9.68. The van der Waals surface area contributed by atoms with Crippen molar-refractivity contribution in [3.8, 4) is 0 Å². The Morgan fingerprint density at radius 3 is 2.25 bits per heavy atom. The van der Waals surface area contributed by atoms with Gasteiger partial charge in [-0.3, -0.25) is 0 Å². The predicted octanol–water partition coefficient (Wildman–Crippen LogP) is 2.62. The topological polar surface area (TPSA) is 17.1 Å². The molecule has 0 aromatic heterocycles. The average molecular weight is 162 g/mol. The van der Waals surface area contributed by atoms with E-state index in [-0.39, 0.29) is 0 Å². The van der Waals surface area contributed by atoms with Crippen LogP contribution in [0.25, 0.3) is 0 Å². The number of carbonyl (C=O) groups is 1. The van der Waals surface area contributed by atoms with E-state index in [0.717, 1.165) is 11.8 Å². The molecule has 0 aliphatic rings. The van der Waals surface area contributed by atoms with Crippen LogP contribution in [0, 0.1) is 0 Å². The van der Waals surface area contributed by atoms with Crippen LogP contribution in [-0.2, 0) is 11.2 Å². The van der Waals surface area contributed by atoms with Crippen LogP contribution in [0.1, 0.15) is 12.5 Å². The lowest BCUT2D eigenvalue weighted by atomic mass is 10.2. The number of benzene rings is 1. The Morgan fingerprint density at radius 2 is 1.83 bits per heavy atom. The molecule has 0 unspecified atom stereocenters. The SMILES string of the molecule is C=CC.O=CCc1ccccc1. The van der Waals surface area contributed by atoms with Gasteiger partial charge in [0.25, 0.3) is 0 Å². The highest BCUT2D eigenvalue weighted by atomic mass is 16.1. The average Bonchev–Trinajstić information content (AvgIpc) is 2.08. The predicted molar refractivity (Wildman–Crippen MR) is 52.1 cm³/mol. The smallest absolute Gasteiger partial charge is 0.124 e. The first-order chi connectivity index (χ1) is 5.85. The van der Waals surface area contributed by atoms with Crippen molar-refractivity contribution in [3.63, 3.8) is 0 Å². The Hall–Kier alpha value is -1.37. The van der Waals surface area contributed by atoms with Crippen molar-refractivity contribution in [2.45, 2.75) is 13.3 Å². The lowest BCUT2D eigenvalue weighted by molar-refractivity contribution is -0.107. The quantitative estimate of drug-likeness (QED) is 0.482. The molecule has 0 atom stereocenters. The van der Waals surface area contributed by atoms with Gasteiger partial charge in [0.15, 0.2) is 0 Å². The van der Waals surface area contributed by atoms with Crippen LogP contribution in [-0.4, -0.2) is 6.29 Å². The van der Waals surface area contributed by atoms with E-state index in [9.17, 15) is 4.79 Å². The van der Waals surface area contributed by atoms with Gasteiger partial charge < -0.3 is 4.79 Å². The van der Waals surface area contributed by atoms with E-state index >= 15 is 0 Å². The van der Waals surface area contributed by atoms with Gasteiger partial charge in [-0.2, -0.15) is 0 Å². The lowest BCUT2D eigenvalue weighted by Gasteiger charge is -1.89. The van der Waals surface area contributed by atoms with E-state index < -0.39 is 0 Å². The zero-order chi connectivity index (χ0) is 9.23. The van der Waals surface area contributed by atoms with Gasteiger partial charge >= 0.3 is 0 Å². The van der Waals surface area contributed by atoms with E-state index in [4.69, 9.17) is 0 Å². The molecular weight excluding hydrogens is 148 g/mol. The fourth-order valence-corrected chi connectivity index (χ4v) is 0.710. The lowest BCUT2D eigenvalue weighted by Crippen LogP contribution is -1.82. The minimum absolute atomic E-state index is 0.529. The third kappa shape index (κ3) is 5.42. The van der Waals surface area contributed by atoms with E-state index in [1.165, 1.54) is 0 Å². The molecule has 0 amide bonds. The normalized spacial score (nSPS) is 7.75. The summed E-state index contributed by atoms with van der Waals surface area (Å²) in [7, 11) is 0. The Morgan fingerprint density at radius 1 is 1.33 bits per heavy atom. The molecule has 1 heteroatoms. The fraction of sp³-hybridized carbons (Fsp3) is 0.182. The highest BCUT2D eigenvalue weighted by molar-refractivity contribution is 5.54. The van der Waals surface area contributed by atoms with Crippen LogP contribution in [0.4, 0.5) is 0 Å². The van der Waals surface area contributed by atoms with Gasteiger partial charge in [0.1, 0.15) is 6.29 Å². The maximum atomic E-state index is 9.97. The summed E-state index contributed by atoms with van der Waals surface area (Å²) in [5.41, 5.74) is 1.08. The molecule has 0 aliphatic heterocycles. The van der Waals surface area contributed by atoms with E-state index in [0.29, 0.717) is 6.42 Å². The summed E-state index contributed by atoms with van der Waals surface area (Å²) in [5.74, 6) is 0. The summed E-state index contributed by atoms with van der Waals surface area (Å²) >= 11 is 0. The first kappa shape index (κ1) is 10.6. The number of hydrogen-bond donors (Lipinski definition) is 0. The summed E-state index contributed by atoms with van der Waals surface area (Å²) in [4.78, 5) is 9.97. The molecule has 0 saturated carbocycles. The summed E-state index contributed by atoms with van der Waals surface area (Å²) in [6.07, 6.45) is 3.19. The van der Waals surface area contributed by atoms with E-state index in [1.807, 2.05) is 37.3 Å². The van der Waals surface area contributed by atoms with Crippen molar-refractivity contribution in [3.05, 3.63) is 48.6 Å². The highest BCUT2D eigenvalue weighted by Crippen LogP contribution is 1.96. The number of aldehydes is 1. The molecule has 0 aliphatic carbocycles. The van der Waals surface area contributed by atoms with E-state index in [2.05, 4.69) is 6.58 Å². The minimum Gasteiger partial charge on any atom is -0.303 e. The second kappa shape index (κ2) is 7.73. The van der Waals surface area contributed by atoms with Crippen molar-refractivity contribution in [1.29, 1.82) is 0 Å². The van der Waals surface area contributed by atoms with Crippen molar-refractivity contribution in [2.75, 3.05) is 0 Å². The second-order valence-corrected chi connectivity index (χ2v) is 2.26. The zero-order valence-corrected chi connectivity index (χ0v) is 7.36. The number of hydrogen-bond acceptors (Lipinski definition) is 1. The van der Waals surface area contributed by atoms with Crippen LogP contribution >= 0.6 is 0 Å². The zero-order valence-electron chi connectivity index (χ0n) is 7.36. The van der Waals surface area contributed by atoms with E-state index in [1.54, 1.807) is 6.08 Å².